The molecule has 4 nitrogen and oxygen atoms in total. The molecule has 0 unspecified atom stereocenters. The fourth-order valence-corrected chi connectivity index (χ4v) is 2.31. The fourth-order valence-electron chi connectivity index (χ4n) is 2.31. The minimum atomic E-state index is -4.48. The van der Waals surface area contributed by atoms with Crippen LogP contribution in [0.15, 0.2) is 48.5 Å². The Labute approximate surface area is 147 Å². The number of carbonyl (C=O) groups is 2. The van der Waals surface area contributed by atoms with Crippen molar-refractivity contribution >= 4 is 11.8 Å². The molecule has 2 rings (SSSR count). The summed E-state index contributed by atoms with van der Waals surface area (Å²) in [5.74, 6) is -2.43. The van der Waals surface area contributed by atoms with Crippen molar-refractivity contribution in [2.75, 3.05) is 6.54 Å². The Morgan fingerprint density at radius 2 is 1.58 bits per heavy atom. The lowest BCUT2D eigenvalue weighted by molar-refractivity contribution is -0.137. The number of hydrogen-bond acceptors (Lipinski definition) is 2. The monoisotopic (exact) mass is 368 g/mol. The van der Waals surface area contributed by atoms with Crippen LogP contribution in [0.2, 0.25) is 0 Å². The summed E-state index contributed by atoms with van der Waals surface area (Å²) in [6.07, 6.45) is -4.29. The molecular weight excluding hydrogens is 352 g/mol. The van der Waals surface area contributed by atoms with E-state index in [1.165, 1.54) is 24.3 Å². The summed E-state index contributed by atoms with van der Waals surface area (Å²) in [4.78, 5) is 23.6. The molecule has 1 atom stereocenters. The molecular formula is C18H16F4N2O2. The zero-order chi connectivity index (χ0) is 19.3. The Kier molecular flexibility index (Phi) is 5.97. The second-order valence-electron chi connectivity index (χ2n) is 5.72. The molecule has 0 saturated heterocycles. The first kappa shape index (κ1) is 19.4. The molecule has 0 saturated carbocycles. The minimum Gasteiger partial charge on any atom is -0.369 e. The van der Waals surface area contributed by atoms with Crippen molar-refractivity contribution in [3.63, 3.8) is 0 Å². The molecule has 0 aliphatic rings. The van der Waals surface area contributed by atoms with Gasteiger partial charge in [-0.05, 0) is 48.4 Å². The maximum atomic E-state index is 12.9. The van der Waals surface area contributed by atoms with Crippen molar-refractivity contribution in [3.05, 3.63) is 71.0 Å². The van der Waals surface area contributed by atoms with Crippen LogP contribution in [0.4, 0.5) is 17.6 Å². The number of nitrogens with two attached hydrogens (primary N) is 1. The molecule has 138 valence electrons. The Morgan fingerprint density at radius 1 is 1.00 bits per heavy atom. The van der Waals surface area contributed by atoms with Crippen LogP contribution < -0.4 is 11.1 Å². The van der Waals surface area contributed by atoms with Crippen molar-refractivity contribution in [1.29, 1.82) is 0 Å². The number of amides is 2. The van der Waals surface area contributed by atoms with E-state index in [9.17, 15) is 27.2 Å². The van der Waals surface area contributed by atoms with Crippen molar-refractivity contribution < 1.29 is 27.2 Å². The molecule has 2 aromatic rings. The van der Waals surface area contributed by atoms with Crippen LogP contribution >= 0.6 is 0 Å². The SMILES string of the molecule is NC(=O)[C@H](CNC(=O)c1ccc(C(F)(F)F)cc1)Cc1ccc(F)cc1. The summed E-state index contributed by atoms with van der Waals surface area (Å²) in [6.45, 7) is -0.0907. The lowest BCUT2D eigenvalue weighted by atomic mass is 9.98. The van der Waals surface area contributed by atoms with E-state index in [0.717, 1.165) is 24.3 Å². The maximum absolute atomic E-state index is 12.9. The zero-order valence-corrected chi connectivity index (χ0v) is 13.5. The van der Waals surface area contributed by atoms with E-state index < -0.39 is 35.3 Å². The second-order valence-corrected chi connectivity index (χ2v) is 5.72. The number of rotatable bonds is 6. The van der Waals surface area contributed by atoms with Crippen LogP contribution in [-0.2, 0) is 17.4 Å². The Hall–Kier alpha value is -2.90. The average molecular weight is 368 g/mol. The van der Waals surface area contributed by atoms with E-state index in [-0.39, 0.29) is 18.5 Å². The first-order chi connectivity index (χ1) is 12.2. The van der Waals surface area contributed by atoms with Gasteiger partial charge in [0, 0.05) is 12.1 Å². The number of carbonyl (C=O) groups excluding carboxylic acids is 2. The third-order valence-corrected chi connectivity index (χ3v) is 3.78. The number of benzene rings is 2. The molecule has 2 aromatic carbocycles. The number of alkyl halides is 3. The van der Waals surface area contributed by atoms with Gasteiger partial charge in [-0.25, -0.2) is 4.39 Å². The van der Waals surface area contributed by atoms with Crippen LogP contribution in [0.1, 0.15) is 21.5 Å². The van der Waals surface area contributed by atoms with Gasteiger partial charge in [0.15, 0.2) is 0 Å². The van der Waals surface area contributed by atoms with Crippen LogP contribution in [0.25, 0.3) is 0 Å². The van der Waals surface area contributed by atoms with E-state index in [0.29, 0.717) is 5.56 Å². The van der Waals surface area contributed by atoms with Crippen molar-refractivity contribution in [3.8, 4) is 0 Å². The van der Waals surface area contributed by atoms with Gasteiger partial charge in [0.05, 0.1) is 11.5 Å². The van der Waals surface area contributed by atoms with Gasteiger partial charge in [-0.15, -0.1) is 0 Å². The Bertz CT molecular complexity index is 771. The van der Waals surface area contributed by atoms with Gasteiger partial charge in [-0.3, -0.25) is 9.59 Å². The first-order valence-electron chi connectivity index (χ1n) is 7.66. The van der Waals surface area contributed by atoms with Crippen molar-refractivity contribution in [1.82, 2.24) is 5.32 Å². The lowest BCUT2D eigenvalue weighted by Gasteiger charge is -2.15. The largest absolute Gasteiger partial charge is 0.416 e. The number of primary amides is 1. The third kappa shape index (κ3) is 5.30. The van der Waals surface area contributed by atoms with Crippen molar-refractivity contribution in [2.24, 2.45) is 11.7 Å². The molecule has 0 radical (unpaired) electrons. The molecule has 3 N–H and O–H groups in total. The van der Waals surface area contributed by atoms with Crippen LogP contribution in [-0.4, -0.2) is 18.4 Å². The second kappa shape index (κ2) is 7.99. The van der Waals surface area contributed by atoms with Gasteiger partial charge in [0.25, 0.3) is 5.91 Å². The number of nitrogens with one attached hydrogen (secondary N) is 1. The normalized spacial score (nSPS) is 12.5. The highest BCUT2D eigenvalue weighted by atomic mass is 19.4. The average Bonchev–Trinajstić information content (AvgIpc) is 2.59. The Morgan fingerprint density at radius 3 is 2.08 bits per heavy atom. The van der Waals surface area contributed by atoms with E-state index in [4.69, 9.17) is 5.73 Å². The van der Waals surface area contributed by atoms with Crippen LogP contribution in [0.5, 0.6) is 0 Å². The topological polar surface area (TPSA) is 72.2 Å². The molecule has 0 aromatic heterocycles. The lowest BCUT2D eigenvalue weighted by Crippen LogP contribution is -2.37. The van der Waals surface area contributed by atoms with Crippen LogP contribution in [0.3, 0.4) is 0 Å². The molecule has 0 spiro atoms. The minimum absolute atomic E-state index is 0.0306. The van der Waals surface area contributed by atoms with Gasteiger partial charge in [-0.2, -0.15) is 13.2 Å². The summed E-state index contributed by atoms with van der Waals surface area (Å²) < 4.78 is 50.5. The predicted octanol–water partition coefficient (Wildman–Crippen LogP) is 2.92. The highest BCUT2D eigenvalue weighted by molar-refractivity contribution is 5.94. The van der Waals surface area contributed by atoms with Gasteiger partial charge in [-0.1, -0.05) is 12.1 Å². The van der Waals surface area contributed by atoms with E-state index in [1.807, 2.05) is 0 Å². The van der Waals surface area contributed by atoms with E-state index in [1.54, 1.807) is 0 Å². The summed E-state index contributed by atoms with van der Waals surface area (Å²) in [5.41, 5.74) is 5.15. The Balaban J connectivity index is 1.98. The van der Waals surface area contributed by atoms with E-state index in [2.05, 4.69) is 5.32 Å². The van der Waals surface area contributed by atoms with Crippen LogP contribution in [0, 0.1) is 11.7 Å². The smallest absolute Gasteiger partial charge is 0.369 e. The predicted molar refractivity (Wildman–Crippen MR) is 86.6 cm³/mol. The van der Waals surface area contributed by atoms with Gasteiger partial charge in [0.1, 0.15) is 5.82 Å². The van der Waals surface area contributed by atoms with Gasteiger partial charge >= 0.3 is 6.18 Å². The molecule has 2 amide bonds. The summed E-state index contributed by atoms with van der Waals surface area (Å²) >= 11 is 0. The molecule has 0 aliphatic carbocycles. The van der Waals surface area contributed by atoms with Gasteiger partial charge < -0.3 is 11.1 Å². The quantitative estimate of drug-likeness (QED) is 0.770. The standard InChI is InChI=1S/C18H16F4N2O2/c19-15-7-1-11(2-8-15)9-13(16(23)25)10-24-17(26)12-3-5-14(6-4-12)18(20,21)22/h1-8,13H,9-10H2,(H2,23,25)(H,24,26)/t13-/m0/s1. The summed E-state index contributed by atoms with van der Waals surface area (Å²) in [7, 11) is 0. The number of hydrogen-bond donors (Lipinski definition) is 2. The molecule has 26 heavy (non-hydrogen) atoms. The zero-order valence-electron chi connectivity index (χ0n) is 13.5. The first-order valence-corrected chi connectivity index (χ1v) is 7.66. The number of halogens is 4. The molecule has 8 heteroatoms. The van der Waals surface area contributed by atoms with Gasteiger partial charge in [0.2, 0.25) is 5.91 Å². The summed E-state index contributed by atoms with van der Waals surface area (Å²) in [5, 5.41) is 2.48. The van der Waals surface area contributed by atoms with E-state index >= 15 is 0 Å². The summed E-state index contributed by atoms with van der Waals surface area (Å²) in [6, 6.07) is 9.21. The highest BCUT2D eigenvalue weighted by Gasteiger charge is 2.30. The molecule has 0 aliphatic heterocycles. The molecule has 0 heterocycles. The third-order valence-electron chi connectivity index (χ3n) is 3.78. The molecule has 0 fully saturated rings. The van der Waals surface area contributed by atoms with Crippen molar-refractivity contribution in [2.45, 2.75) is 12.6 Å². The maximum Gasteiger partial charge on any atom is 0.416 e. The highest BCUT2D eigenvalue weighted by Crippen LogP contribution is 2.29. The molecule has 0 bridgehead atoms. The fraction of sp³-hybridized carbons (Fsp3) is 0.222.